The van der Waals surface area contributed by atoms with Gasteiger partial charge in [0.2, 0.25) is 0 Å². The lowest BCUT2D eigenvalue weighted by Gasteiger charge is -2.27. The van der Waals surface area contributed by atoms with Gasteiger partial charge in [-0.25, -0.2) is 9.59 Å². The molecule has 2 fully saturated rings. The second-order valence-corrected chi connectivity index (χ2v) is 12.0. The van der Waals surface area contributed by atoms with Crippen LogP contribution in [-0.4, -0.2) is 66.2 Å². The van der Waals surface area contributed by atoms with E-state index in [1.54, 1.807) is 12.0 Å². The number of nitrogens with zero attached hydrogens (tertiary/aromatic N) is 2. The van der Waals surface area contributed by atoms with Gasteiger partial charge in [-0.2, -0.15) is 0 Å². The predicted octanol–water partition coefficient (Wildman–Crippen LogP) is 8.85. The summed E-state index contributed by atoms with van der Waals surface area (Å²) in [6, 6.07) is 20.6. The van der Waals surface area contributed by atoms with Crippen LogP contribution in [0.15, 0.2) is 60.7 Å². The van der Waals surface area contributed by atoms with Gasteiger partial charge in [0.15, 0.2) is 0 Å². The molecule has 4 rings (SSSR count). The molecule has 0 aliphatic carbocycles. The Balaban J connectivity index is 0.000000377. The second-order valence-electron chi connectivity index (χ2n) is 12.0. The highest BCUT2D eigenvalue weighted by molar-refractivity contribution is 5.69. The first-order chi connectivity index (χ1) is 19.9. The molecule has 3 atom stereocenters. The highest BCUT2D eigenvalue weighted by Crippen LogP contribution is 2.33. The fourth-order valence-electron chi connectivity index (χ4n) is 4.75. The van der Waals surface area contributed by atoms with E-state index in [0.717, 1.165) is 25.9 Å². The van der Waals surface area contributed by atoms with Gasteiger partial charge in [-0.05, 0) is 59.1 Å². The van der Waals surface area contributed by atoms with E-state index < -0.39 is 11.2 Å². The SMILES string of the molecule is CC.CC.CC(C)(C)OC(=O)N1CCC(c2ccccc2)C1.COC1CC(c2ccccc2)CN1C(=O)OC(C)(C)C. The Bertz CT molecular complexity index is 1030. The van der Waals surface area contributed by atoms with Gasteiger partial charge in [0.25, 0.3) is 0 Å². The van der Waals surface area contributed by atoms with Crippen molar-refractivity contribution < 1.29 is 23.8 Å². The average Bonchev–Trinajstić information content (AvgIpc) is 3.63. The number of carbonyl (C=O) groups excluding carboxylic acids is 2. The third kappa shape index (κ3) is 12.4. The zero-order chi connectivity index (χ0) is 31.9. The third-order valence-electron chi connectivity index (χ3n) is 6.53. The smallest absolute Gasteiger partial charge is 0.412 e. The first kappa shape index (κ1) is 37.0. The number of likely N-dealkylation sites (tertiary alicyclic amines) is 2. The first-order valence-corrected chi connectivity index (χ1v) is 15.5. The van der Waals surface area contributed by atoms with Crippen molar-refractivity contribution in [3.63, 3.8) is 0 Å². The van der Waals surface area contributed by atoms with Crippen LogP contribution in [0.3, 0.4) is 0 Å². The summed E-state index contributed by atoms with van der Waals surface area (Å²) in [5, 5.41) is 0. The number of amides is 2. The molecule has 0 bridgehead atoms. The number of rotatable bonds is 3. The highest BCUT2D eigenvalue weighted by atomic mass is 16.6. The Morgan fingerprint density at radius 2 is 1.14 bits per heavy atom. The van der Waals surface area contributed by atoms with E-state index in [0.29, 0.717) is 18.4 Å². The van der Waals surface area contributed by atoms with Crippen molar-refractivity contribution >= 4 is 12.2 Å². The van der Waals surface area contributed by atoms with Crippen molar-refractivity contribution in [1.29, 1.82) is 0 Å². The van der Waals surface area contributed by atoms with Crippen molar-refractivity contribution in [3.8, 4) is 0 Å². The predicted molar refractivity (Wildman–Crippen MR) is 172 cm³/mol. The van der Waals surface area contributed by atoms with Crippen LogP contribution in [0.2, 0.25) is 0 Å². The number of ether oxygens (including phenoxy) is 3. The van der Waals surface area contributed by atoms with E-state index in [-0.39, 0.29) is 18.4 Å². The van der Waals surface area contributed by atoms with Crippen molar-refractivity contribution in [1.82, 2.24) is 9.80 Å². The summed E-state index contributed by atoms with van der Waals surface area (Å²) >= 11 is 0. The molecule has 2 aromatic rings. The lowest BCUT2D eigenvalue weighted by atomic mass is 9.98. The zero-order valence-electron chi connectivity index (χ0n) is 28.0. The van der Waals surface area contributed by atoms with E-state index in [1.807, 2.05) is 111 Å². The van der Waals surface area contributed by atoms with Gasteiger partial charge in [0.05, 0.1) is 0 Å². The summed E-state index contributed by atoms with van der Waals surface area (Å²) in [6.45, 7) is 21.5. The molecule has 236 valence electrons. The highest BCUT2D eigenvalue weighted by Gasteiger charge is 2.38. The van der Waals surface area contributed by atoms with E-state index in [1.165, 1.54) is 11.1 Å². The maximum absolute atomic E-state index is 12.2. The van der Waals surface area contributed by atoms with Crippen molar-refractivity contribution in [2.45, 2.75) is 111 Å². The Morgan fingerprint density at radius 3 is 1.60 bits per heavy atom. The minimum absolute atomic E-state index is 0.194. The molecule has 0 saturated carbocycles. The van der Waals surface area contributed by atoms with Crippen molar-refractivity contribution in [3.05, 3.63) is 71.8 Å². The van der Waals surface area contributed by atoms with Gasteiger partial charge < -0.3 is 19.1 Å². The fourth-order valence-corrected chi connectivity index (χ4v) is 4.75. The topological polar surface area (TPSA) is 68.3 Å². The molecule has 0 spiro atoms. The quantitative estimate of drug-likeness (QED) is 0.360. The lowest BCUT2D eigenvalue weighted by molar-refractivity contribution is -0.0305. The Morgan fingerprint density at radius 1 is 0.690 bits per heavy atom. The molecule has 42 heavy (non-hydrogen) atoms. The van der Waals surface area contributed by atoms with Crippen molar-refractivity contribution in [2.24, 2.45) is 0 Å². The van der Waals surface area contributed by atoms with E-state index in [4.69, 9.17) is 14.2 Å². The molecule has 3 unspecified atom stereocenters. The standard InChI is InChI=1S/C16H23NO3.C15H21NO2.2C2H6/c1-16(2,3)20-15(18)17-11-13(10-14(17)19-4)12-8-6-5-7-9-12;1-15(2,3)18-14(17)16-10-9-13(11-16)12-7-5-4-6-8-12;2*1-2/h5-9,13-14H,10-11H2,1-4H3;4-8,13H,9-11H2,1-3H3;2*1-2H3. The molecule has 0 aromatic heterocycles. The largest absolute Gasteiger partial charge is 0.444 e. The van der Waals surface area contributed by atoms with E-state index >= 15 is 0 Å². The van der Waals surface area contributed by atoms with Crippen LogP contribution in [0.25, 0.3) is 0 Å². The van der Waals surface area contributed by atoms with Gasteiger partial charge in [0, 0.05) is 45.0 Å². The molecule has 2 amide bonds. The Kier molecular flexibility index (Phi) is 15.7. The fraction of sp³-hybridized carbons (Fsp3) is 0.600. The van der Waals surface area contributed by atoms with E-state index in [9.17, 15) is 9.59 Å². The summed E-state index contributed by atoms with van der Waals surface area (Å²) in [6.07, 6.45) is 1.11. The van der Waals surface area contributed by atoms with E-state index in [2.05, 4.69) is 24.3 Å². The summed E-state index contributed by atoms with van der Waals surface area (Å²) in [4.78, 5) is 27.7. The van der Waals surface area contributed by atoms with Gasteiger partial charge in [-0.15, -0.1) is 0 Å². The van der Waals surface area contributed by atoms with Crippen LogP contribution in [0.5, 0.6) is 0 Å². The summed E-state index contributed by atoms with van der Waals surface area (Å²) in [5.74, 6) is 0.743. The van der Waals surface area contributed by atoms with Crippen molar-refractivity contribution in [2.75, 3.05) is 26.7 Å². The lowest BCUT2D eigenvalue weighted by Crippen LogP contribution is -2.40. The minimum Gasteiger partial charge on any atom is -0.444 e. The van der Waals surface area contributed by atoms with Crippen LogP contribution in [0, 0.1) is 0 Å². The number of methoxy groups -OCH3 is 1. The molecule has 7 nitrogen and oxygen atoms in total. The van der Waals surface area contributed by atoms with Gasteiger partial charge in [0.1, 0.15) is 17.4 Å². The summed E-state index contributed by atoms with van der Waals surface area (Å²) in [5.41, 5.74) is 1.64. The third-order valence-corrected chi connectivity index (χ3v) is 6.53. The molecule has 2 aromatic carbocycles. The molecular weight excluding hydrogens is 528 g/mol. The molecule has 2 heterocycles. The maximum Gasteiger partial charge on any atom is 0.412 e. The van der Waals surface area contributed by atoms with Gasteiger partial charge in [-0.3, -0.25) is 4.90 Å². The molecule has 0 radical (unpaired) electrons. The molecular formula is C35H56N2O5. The maximum atomic E-state index is 12.2. The van der Waals surface area contributed by atoms with Crippen LogP contribution in [0.1, 0.15) is 105 Å². The normalized spacial score (nSPS) is 19.7. The number of hydrogen-bond donors (Lipinski definition) is 0. The Hall–Kier alpha value is -3.06. The minimum atomic E-state index is -0.486. The van der Waals surface area contributed by atoms with Gasteiger partial charge in [-0.1, -0.05) is 88.4 Å². The number of hydrogen-bond acceptors (Lipinski definition) is 5. The first-order valence-electron chi connectivity index (χ1n) is 15.5. The zero-order valence-corrected chi connectivity index (χ0v) is 28.0. The number of benzene rings is 2. The van der Waals surface area contributed by atoms with Gasteiger partial charge >= 0.3 is 12.2 Å². The van der Waals surface area contributed by atoms with Crippen LogP contribution < -0.4 is 0 Å². The molecule has 0 N–H and O–H groups in total. The summed E-state index contributed by atoms with van der Waals surface area (Å²) < 4.78 is 16.3. The molecule has 2 aliphatic rings. The molecule has 7 heteroatoms. The molecule has 2 saturated heterocycles. The average molecular weight is 585 g/mol. The summed E-state index contributed by atoms with van der Waals surface area (Å²) in [7, 11) is 1.63. The van der Waals surface area contributed by atoms with Crippen LogP contribution in [-0.2, 0) is 14.2 Å². The monoisotopic (exact) mass is 584 g/mol. The van der Waals surface area contributed by atoms with Crippen LogP contribution >= 0.6 is 0 Å². The second kappa shape index (κ2) is 17.8. The molecule has 2 aliphatic heterocycles. The number of carbonyl (C=O) groups is 2. The Labute approximate surface area is 255 Å². The van der Waals surface area contributed by atoms with Crippen LogP contribution in [0.4, 0.5) is 9.59 Å².